The van der Waals surface area contributed by atoms with Gasteiger partial charge in [-0.1, -0.05) is 32.4 Å². The number of carbonyl (C=O) groups is 21. The Bertz CT molecular complexity index is 4910. The van der Waals surface area contributed by atoms with Crippen LogP contribution in [0.15, 0.2) is 61.8 Å². The highest BCUT2D eigenvalue weighted by atomic mass is 32.1. The molecular weight excluding hydrogens is 1890 g/mol. The Kier molecular flexibility index (Phi) is 49.0. The molecule has 1 aliphatic heterocycles. The number of benzene rings is 1. The zero-order valence-corrected chi connectivity index (χ0v) is 78.1. The molecule has 0 saturated carbocycles. The number of hydrogen-bond acceptors (Lipinski definition) is 32. The topological polar surface area (TPSA) is 914 Å². The summed E-state index contributed by atoms with van der Waals surface area (Å²) in [6.45, 7) is -1.07. The lowest BCUT2D eigenvalue weighted by molar-refractivity contribution is -0.142. The van der Waals surface area contributed by atoms with Crippen molar-refractivity contribution < 1.29 is 131 Å². The number of aliphatic hydroxyl groups excluding tert-OH is 3. The highest BCUT2D eigenvalue weighted by Crippen LogP contribution is 2.21. The number of aromatic amines is 3. The maximum atomic E-state index is 14.7. The number of aliphatic hydroxyl groups is 3. The van der Waals surface area contributed by atoms with Crippen LogP contribution < -0.4 is 119 Å². The van der Waals surface area contributed by atoms with Crippen LogP contribution in [0.3, 0.4) is 0 Å². The summed E-state index contributed by atoms with van der Waals surface area (Å²) in [4.78, 5) is 304. The Labute approximate surface area is 809 Å². The zero-order valence-electron chi connectivity index (χ0n) is 76.3. The summed E-state index contributed by atoms with van der Waals surface area (Å²) in [5, 5.41) is 111. The van der Waals surface area contributed by atoms with Crippen LogP contribution in [-0.2, 0) is 122 Å². The van der Waals surface area contributed by atoms with Crippen LogP contribution in [0.2, 0.25) is 0 Å². The highest BCUT2D eigenvalue weighted by molar-refractivity contribution is 7.80. The van der Waals surface area contributed by atoms with Gasteiger partial charge in [0.15, 0.2) is 5.96 Å². The maximum absolute atomic E-state index is 14.7. The van der Waals surface area contributed by atoms with Gasteiger partial charge in [-0.25, -0.2) is 24.5 Å². The lowest BCUT2D eigenvalue weighted by Crippen LogP contribution is -2.62. The van der Waals surface area contributed by atoms with E-state index in [4.69, 9.17) is 28.3 Å². The van der Waals surface area contributed by atoms with Gasteiger partial charge in [0.05, 0.1) is 70.4 Å². The van der Waals surface area contributed by atoms with Crippen LogP contribution in [-0.4, -0.2) is 356 Å². The van der Waals surface area contributed by atoms with E-state index in [1.807, 2.05) is 0 Å². The number of H-pyrrole nitrogens is 3. The molecule has 3 aromatic heterocycles. The summed E-state index contributed by atoms with van der Waals surface area (Å²) < 4.78 is 0. The lowest BCUT2D eigenvalue weighted by atomic mass is 9.96. The number of nitrogens with zero attached hydrogens (tertiary/aromatic N) is 4. The summed E-state index contributed by atoms with van der Waals surface area (Å²) in [5.74, 6) is -24.2. The molecular formula is C81H122N30O27S2. The predicted molar refractivity (Wildman–Crippen MR) is 493 cm³/mol. The van der Waals surface area contributed by atoms with Gasteiger partial charge < -0.3 is 169 Å². The number of primary amides is 2. The molecule has 20 amide bonds. The minimum atomic E-state index is -1.99. The van der Waals surface area contributed by atoms with Crippen molar-refractivity contribution >= 4 is 156 Å². The molecule has 0 bridgehead atoms. The Morgan fingerprint density at radius 1 is 0.479 bits per heavy atom. The van der Waals surface area contributed by atoms with Crippen molar-refractivity contribution in [1.82, 2.24) is 131 Å². The number of phenolic OH excluding ortho intramolecular Hbond substituents is 1. The molecule has 5 rings (SSSR count). The first kappa shape index (κ1) is 116. The number of thiol groups is 2. The second-order valence-electron chi connectivity index (χ2n) is 32.2. The van der Waals surface area contributed by atoms with Gasteiger partial charge in [-0.3, -0.25) is 96.5 Å². The standard InChI is InChI=1S/C81H122N30O27S2/c1-4-38(2)63(109-77(134)64(39(3)114)110-71(128)50(24-62(120)121)103-65(122)45(82)15-16-58(83)116)76(133)104-48(21-41-25-87-35-95-41)67(124)93-29-60(118)99-51(23-43-27-89-37-97-43)78(135)111-19-7-10-57(111)75(132)108-56(34-140)74(131)106-54(32-113)73(130)105-53(31-112)72(129)101-46(8-6-18-91-81(86)138)66(123)92-28-59(117)98-49(22-42-26-88-36-96-42)70(127)102-47(9-5-17-90-80(84)85)69(126)107-55(33-139)68(125)94-30-61(119)100-52(79(136)137)20-40-11-13-44(115)14-12-40/h11-14,25-27,35-39,45-57,63-64,112-115,139-140H,4-10,15-24,28-34,82H2,1-3H3,(H2,83,116)(H,87,95)(H,88,96)(H,89,97)(H,92,123)(H,93,124)(H,94,125)(H,98,117)(H,99,118)(H,100,119)(H,101,129)(H,102,127)(H,103,122)(H,104,133)(H,105,130)(H,106,131)(H,107,126)(H,108,132)(H,109,134)(H,110,128)(H,120,121)(H,136,137)(H4,84,85,90)(H3,86,91,138)/t38-,39+,45-,46-,47-,48-,49-,50-,51-,52-,53-,54-,55-,56-,57-,63-,64-/m0/s1. The number of hydrogen-bond donors (Lipinski definition) is 34. The molecule has 140 heavy (non-hydrogen) atoms. The first-order chi connectivity index (χ1) is 66.4. The van der Waals surface area contributed by atoms with E-state index in [2.05, 4.69) is 151 Å². The number of aliphatic carboxylic acids is 2. The van der Waals surface area contributed by atoms with Crippen LogP contribution in [0.1, 0.15) is 108 Å². The number of carbonyl (C=O) groups excluding carboxylic acids is 19. The second kappa shape index (κ2) is 59.3. The van der Waals surface area contributed by atoms with Gasteiger partial charge in [0.1, 0.15) is 90.3 Å². The van der Waals surface area contributed by atoms with Crippen molar-refractivity contribution in [1.29, 1.82) is 5.41 Å². The second-order valence-corrected chi connectivity index (χ2v) is 32.9. The molecule has 0 aliphatic carbocycles. The minimum absolute atomic E-state index is 0.0120. The Hall–Kier alpha value is -14.9. The van der Waals surface area contributed by atoms with Crippen LogP contribution in [0, 0.1) is 11.3 Å². The van der Waals surface area contributed by atoms with Crippen molar-refractivity contribution in [3.8, 4) is 5.75 Å². The van der Waals surface area contributed by atoms with E-state index in [1.54, 1.807) is 6.92 Å². The van der Waals surface area contributed by atoms with Crippen LogP contribution in [0.5, 0.6) is 5.75 Å². The number of urea groups is 1. The number of phenols is 1. The molecule has 1 aromatic carbocycles. The third-order valence-electron chi connectivity index (χ3n) is 21.4. The zero-order chi connectivity index (χ0) is 104. The number of likely N-dealkylation sites (tertiary alicyclic amines) is 1. The number of imidazole rings is 3. The Morgan fingerprint density at radius 3 is 1.35 bits per heavy atom. The number of rotatable bonds is 62. The third kappa shape index (κ3) is 40.1. The number of aromatic nitrogens is 6. The fraction of sp³-hybridized carbons (Fsp3) is 0.543. The molecule has 57 nitrogen and oxygen atoms in total. The minimum Gasteiger partial charge on any atom is -0.508 e. The number of guanidine groups is 1. The van der Waals surface area contributed by atoms with E-state index in [0.29, 0.717) is 11.3 Å². The van der Waals surface area contributed by atoms with Gasteiger partial charge in [0.2, 0.25) is 106 Å². The normalized spacial score (nSPS) is 15.5. The number of aromatic hydroxyl groups is 1. The molecule has 36 N–H and O–H groups in total. The molecule has 1 aliphatic rings. The highest BCUT2D eigenvalue weighted by Gasteiger charge is 2.43. The quantitative estimate of drug-likeness (QED) is 0.00845. The Balaban J connectivity index is 1.23. The third-order valence-corrected chi connectivity index (χ3v) is 22.1. The van der Waals surface area contributed by atoms with Crippen molar-refractivity contribution in [3.63, 3.8) is 0 Å². The Morgan fingerprint density at radius 2 is 0.886 bits per heavy atom. The van der Waals surface area contributed by atoms with Crippen LogP contribution >= 0.6 is 25.3 Å². The summed E-state index contributed by atoms with van der Waals surface area (Å²) in [6, 6.07) is -20.1. The molecule has 770 valence electrons. The molecule has 0 spiro atoms. The summed E-state index contributed by atoms with van der Waals surface area (Å²) >= 11 is 8.39. The van der Waals surface area contributed by atoms with Crippen LogP contribution in [0.4, 0.5) is 4.79 Å². The average molecular weight is 2010 g/mol. The van der Waals surface area contributed by atoms with E-state index < -0.39 is 278 Å². The first-order valence-corrected chi connectivity index (χ1v) is 45.1. The smallest absolute Gasteiger partial charge is 0.326 e. The molecule has 0 unspecified atom stereocenters. The molecule has 4 heterocycles. The lowest BCUT2D eigenvalue weighted by Gasteiger charge is -2.30. The average Bonchev–Trinajstić information content (AvgIpc) is 1.03. The van der Waals surface area contributed by atoms with Gasteiger partial charge in [-0.15, -0.1) is 0 Å². The molecule has 4 aromatic rings. The number of nitrogens with two attached hydrogens (primary N) is 4. The number of nitrogens with one attached hydrogen (secondary N) is 22. The van der Waals surface area contributed by atoms with E-state index in [9.17, 15) is 131 Å². The van der Waals surface area contributed by atoms with Crippen LogP contribution in [0.25, 0.3) is 0 Å². The van der Waals surface area contributed by atoms with Crippen molar-refractivity contribution in [3.05, 3.63) is 84.5 Å². The maximum Gasteiger partial charge on any atom is 0.326 e. The summed E-state index contributed by atoms with van der Waals surface area (Å²) in [7, 11) is 0. The van der Waals surface area contributed by atoms with Gasteiger partial charge in [-0.2, -0.15) is 25.3 Å². The van der Waals surface area contributed by atoms with Crippen molar-refractivity contribution in [2.45, 2.75) is 207 Å². The van der Waals surface area contributed by atoms with Gasteiger partial charge in [0.25, 0.3) is 0 Å². The SMILES string of the molecule is CC[C@H](C)[C@H](NC(=O)[C@@H](NC(=O)[C@H](CC(=O)O)NC(=O)[C@@H](N)CCC(N)=O)[C@@H](C)O)C(=O)N[C@@H](Cc1cnc[nH]1)C(=O)NCC(=O)N[C@@H](Cc1cnc[nH]1)C(=O)N1CCC[C@H]1C(=O)N[C@@H](CS)C(=O)N[C@@H](CO)C(=O)N[C@@H](CO)C(=O)N[C@@H](CCCNC(N)=O)C(=O)NCC(=O)N[C@@H](Cc1cnc[nH]1)C(=O)N[C@@H](CCCNC(=N)N)C(=O)N[C@@H](CS)C(=O)NCC(=O)N[C@@H](Cc1ccc(O)cc1)C(=O)O. The first-order valence-electron chi connectivity index (χ1n) is 43.9. The fourth-order valence-corrected chi connectivity index (χ4v) is 14.1. The van der Waals surface area contributed by atoms with Crippen molar-refractivity contribution in [2.24, 2.45) is 28.9 Å². The van der Waals surface area contributed by atoms with Crippen molar-refractivity contribution in [2.75, 3.05) is 64.0 Å². The van der Waals surface area contributed by atoms with Gasteiger partial charge in [0, 0.05) is 98.9 Å². The molecule has 1 fully saturated rings. The van der Waals surface area contributed by atoms with Gasteiger partial charge in [-0.05, 0) is 75.5 Å². The number of carboxylic acids is 2. The van der Waals surface area contributed by atoms with E-state index >= 15 is 0 Å². The summed E-state index contributed by atoms with van der Waals surface area (Å²) in [6.07, 6.45) is 2.83. The van der Waals surface area contributed by atoms with E-state index in [0.717, 1.165) is 11.8 Å². The number of amides is 20. The number of carboxylic acid groups (broad SMARTS) is 2. The monoisotopic (exact) mass is 2010 g/mol. The largest absolute Gasteiger partial charge is 0.508 e. The fourth-order valence-electron chi connectivity index (χ4n) is 13.6. The molecule has 1 saturated heterocycles. The van der Waals surface area contributed by atoms with E-state index in [-0.39, 0.29) is 126 Å². The van der Waals surface area contributed by atoms with E-state index in [1.165, 1.54) is 68.8 Å². The molecule has 59 heteroatoms. The summed E-state index contributed by atoms with van der Waals surface area (Å²) in [5.41, 5.74) is 22.9. The molecule has 0 radical (unpaired) electrons. The van der Waals surface area contributed by atoms with Gasteiger partial charge >= 0.3 is 18.0 Å². The predicted octanol–water partition coefficient (Wildman–Crippen LogP) is -13.4. The molecule has 17 atom stereocenters.